The van der Waals surface area contributed by atoms with Crippen molar-refractivity contribution in [1.29, 1.82) is 0 Å². The van der Waals surface area contributed by atoms with Crippen LogP contribution in [-0.4, -0.2) is 91.4 Å². The third-order valence-corrected chi connectivity index (χ3v) is 8.29. The summed E-state index contributed by atoms with van der Waals surface area (Å²) in [5, 5.41) is 3.14. The predicted molar refractivity (Wildman–Crippen MR) is 138 cm³/mol. The number of carbonyl (C=O) groups excluding carboxylic acids is 3. The smallest absolute Gasteiger partial charge is 0.325 e. The summed E-state index contributed by atoms with van der Waals surface area (Å²) in [7, 11) is 6.05. The van der Waals surface area contributed by atoms with E-state index in [9.17, 15) is 14.4 Å². The first-order valence-electron chi connectivity index (χ1n) is 13.2. The Morgan fingerprint density at radius 3 is 2.51 bits per heavy atom. The van der Waals surface area contributed by atoms with Gasteiger partial charge in [-0.25, -0.2) is 4.79 Å². The molecule has 3 aliphatic heterocycles. The number of piperidine rings is 1. The van der Waals surface area contributed by atoms with Gasteiger partial charge >= 0.3 is 6.03 Å². The van der Waals surface area contributed by atoms with E-state index in [2.05, 4.69) is 24.2 Å². The van der Waals surface area contributed by atoms with E-state index in [4.69, 9.17) is 0 Å². The first-order valence-corrected chi connectivity index (χ1v) is 13.2. The van der Waals surface area contributed by atoms with Gasteiger partial charge in [0.2, 0.25) is 0 Å². The number of hydrogen-bond donors (Lipinski definition) is 1. The predicted octanol–water partition coefficient (Wildman–Crippen LogP) is 3.18. The average molecular weight is 484 g/mol. The van der Waals surface area contributed by atoms with E-state index < -0.39 is 5.54 Å². The highest BCUT2D eigenvalue weighted by Crippen LogP contribution is 2.37. The Hall–Kier alpha value is -2.61. The van der Waals surface area contributed by atoms with Gasteiger partial charge in [-0.3, -0.25) is 14.5 Å². The highest BCUT2D eigenvalue weighted by atomic mass is 16.2. The van der Waals surface area contributed by atoms with Crippen LogP contribution in [0.3, 0.4) is 0 Å². The standard InChI is InChI=1S/C27H41N5O3/c1-5-14-27(25(34)32(26(35)28-27)18-13-22-10-7-15-30(22)4)21-11-16-31(17-12-21)24(33)20-8-6-9-23(19-20)29(2)3/h6,8-9,19,21-22H,5,7,10-18H2,1-4H3,(H,28,35)/t22-,27+/m0/s1. The fraction of sp³-hybridized carbons (Fsp3) is 0.667. The molecule has 0 bridgehead atoms. The lowest BCUT2D eigenvalue weighted by atomic mass is 9.74. The first-order chi connectivity index (χ1) is 16.8. The SMILES string of the molecule is CCC[C@]1(C2CCN(C(=O)c3cccc(N(C)C)c3)CC2)NC(=O)N(CC[C@@H]2CCCN2C)C1=O. The third-order valence-electron chi connectivity index (χ3n) is 8.29. The third kappa shape index (κ3) is 5.03. The zero-order chi connectivity index (χ0) is 25.2. The molecule has 3 fully saturated rings. The fourth-order valence-electron chi connectivity index (χ4n) is 6.19. The molecule has 4 rings (SSSR count). The summed E-state index contributed by atoms with van der Waals surface area (Å²) < 4.78 is 0. The van der Waals surface area contributed by atoms with Gasteiger partial charge in [-0.15, -0.1) is 0 Å². The lowest BCUT2D eigenvalue weighted by Gasteiger charge is -2.41. The van der Waals surface area contributed by atoms with Gasteiger partial charge in [-0.1, -0.05) is 19.4 Å². The van der Waals surface area contributed by atoms with Crippen LogP contribution in [-0.2, 0) is 4.79 Å². The highest BCUT2D eigenvalue weighted by Gasteiger charge is 2.55. The Labute approximate surface area is 209 Å². The Morgan fingerprint density at radius 2 is 1.89 bits per heavy atom. The molecule has 0 saturated carbocycles. The van der Waals surface area contributed by atoms with Crippen molar-refractivity contribution in [1.82, 2.24) is 20.0 Å². The molecule has 8 nitrogen and oxygen atoms in total. The fourth-order valence-corrected chi connectivity index (χ4v) is 6.19. The number of nitrogens with zero attached hydrogens (tertiary/aromatic N) is 4. The van der Waals surface area contributed by atoms with Crippen LogP contribution in [0.2, 0.25) is 0 Å². The van der Waals surface area contributed by atoms with E-state index >= 15 is 0 Å². The second-order valence-electron chi connectivity index (χ2n) is 10.7. The zero-order valence-corrected chi connectivity index (χ0v) is 21.8. The Morgan fingerprint density at radius 1 is 1.14 bits per heavy atom. The van der Waals surface area contributed by atoms with Gasteiger partial charge in [-0.05, 0) is 76.2 Å². The molecule has 8 heteroatoms. The normalized spacial score (nSPS) is 25.9. The molecule has 0 spiro atoms. The van der Waals surface area contributed by atoms with Crippen LogP contribution in [0.15, 0.2) is 24.3 Å². The van der Waals surface area contributed by atoms with Gasteiger partial charge in [0.1, 0.15) is 5.54 Å². The molecule has 3 aliphatic rings. The van der Waals surface area contributed by atoms with Crippen molar-refractivity contribution in [2.24, 2.45) is 5.92 Å². The zero-order valence-electron chi connectivity index (χ0n) is 21.8. The van der Waals surface area contributed by atoms with Crippen molar-refractivity contribution in [3.05, 3.63) is 29.8 Å². The number of benzene rings is 1. The molecule has 2 atom stereocenters. The second kappa shape index (κ2) is 10.6. The molecule has 1 aromatic rings. The van der Waals surface area contributed by atoms with Gasteiger partial charge in [-0.2, -0.15) is 0 Å². The molecule has 3 saturated heterocycles. The summed E-state index contributed by atoms with van der Waals surface area (Å²) in [6, 6.07) is 7.88. The van der Waals surface area contributed by atoms with E-state index in [0.29, 0.717) is 50.5 Å². The summed E-state index contributed by atoms with van der Waals surface area (Å²) >= 11 is 0. The van der Waals surface area contributed by atoms with E-state index in [-0.39, 0.29) is 23.8 Å². The Balaban J connectivity index is 1.42. The van der Waals surface area contributed by atoms with Crippen molar-refractivity contribution in [3.8, 4) is 0 Å². The van der Waals surface area contributed by atoms with Gasteiger partial charge in [0.25, 0.3) is 11.8 Å². The maximum atomic E-state index is 13.7. The van der Waals surface area contributed by atoms with Gasteiger partial charge in [0.05, 0.1) is 0 Å². The minimum absolute atomic E-state index is 0.0285. The number of hydrogen-bond acceptors (Lipinski definition) is 5. The molecule has 1 aromatic carbocycles. The number of likely N-dealkylation sites (tertiary alicyclic amines) is 2. The summed E-state index contributed by atoms with van der Waals surface area (Å²) in [5.41, 5.74) is 0.843. The van der Waals surface area contributed by atoms with Crippen molar-refractivity contribution in [2.75, 3.05) is 52.2 Å². The number of anilines is 1. The number of carbonyl (C=O) groups is 3. The Bertz CT molecular complexity index is 942. The number of rotatable bonds is 8. The van der Waals surface area contributed by atoms with Crippen molar-refractivity contribution < 1.29 is 14.4 Å². The van der Waals surface area contributed by atoms with E-state index in [1.807, 2.05) is 48.2 Å². The molecule has 0 unspecified atom stereocenters. The molecular weight excluding hydrogens is 442 g/mol. The van der Waals surface area contributed by atoms with Crippen LogP contribution < -0.4 is 10.2 Å². The average Bonchev–Trinajstić information content (AvgIpc) is 3.37. The molecule has 1 N–H and O–H groups in total. The molecule has 192 valence electrons. The minimum Gasteiger partial charge on any atom is -0.378 e. The van der Waals surface area contributed by atoms with Crippen LogP contribution >= 0.6 is 0 Å². The van der Waals surface area contributed by atoms with E-state index in [0.717, 1.165) is 31.5 Å². The molecule has 4 amide bonds. The van der Waals surface area contributed by atoms with E-state index in [1.54, 1.807) is 0 Å². The number of imide groups is 1. The Kier molecular flexibility index (Phi) is 7.69. The quantitative estimate of drug-likeness (QED) is 0.575. The molecule has 3 heterocycles. The van der Waals surface area contributed by atoms with Crippen molar-refractivity contribution >= 4 is 23.5 Å². The topological polar surface area (TPSA) is 76.2 Å². The summed E-state index contributed by atoms with van der Waals surface area (Å²) in [5.74, 6) is 0.00413. The number of nitrogens with one attached hydrogen (secondary N) is 1. The van der Waals surface area contributed by atoms with Crippen LogP contribution in [0.1, 0.15) is 62.2 Å². The number of urea groups is 1. The molecule has 0 aliphatic carbocycles. The largest absolute Gasteiger partial charge is 0.378 e. The van der Waals surface area contributed by atoms with Crippen molar-refractivity contribution in [2.45, 2.75) is 63.5 Å². The molecule has 35 heavy (non-hydrogen) atoms. The van der Waals surface area contributed by atoms with Crippen molar-refractivity contribution in [3.63, 3.8) is 0 Å². The van der Waals surface area contributed by atoms with Gasteiger partial charge in [0.15, 0.2) is 0 Å². The lowest BCUT2D eigenvalue weighted by molar-refractivity contribution is -0.134. The lowest BCUT2D eigenvalue weighted by Crippen LogP contribution is -2.56. The first kappa shape index (κ1) is 25.5. The minimum atomic E-state index is -0.840. The highest BCUT2D eigenvalue weighted by molar-refractivity contribution is 6.07. The van der Waals surface area contributed by atoms with Gasteiger partial charge in [0, 0.05) is 51.0 Å². The van der Waals surface area contributed by atoms with Crippen LogP contribution in [0, 0.1) is 5.92 Å². The van der Waals surface area contributed by atoms with Crippen LogP contribution in [0.25, 0.3) is 0 Å². The van der Waals surface area contributed by atoms with E-state index in [1.165, 1.54) is 11.3 Å². The summed E-state index contributed by atoms with van der Waals surface area (Å²) in [6.45, 7) is 4.81. The maximum Gasteiger partial charge on any atom is 0.325 e. The maximum absolute atomic E-state index is 13.7. The van der Waals surface area contributed by atoms with Crippen LogP contribution in [0.5, 0.6) is 0 Å². The van der Waals surface area contributed by atoms with Gasteiger partial charge < -0.3 is 20.0 Å². The molecule has 0 aromatic heterocycles. The number of amides is 4. The monoisotopic (exact) mass is 483 g/mol. The molecule has 0 radical (unpaired) electrons. The van der Waals surface area contributed by atoms with Crippen LogP contribution in [0.4, 0.5) is 10.5 Å². The summed E-state index contributed by atoms with van der Waals surface area (Å²) in [6.07, 6.45) is 6.02. The second-order valence-corrected chi connectivity index (χ2v) is 10.7. The molecular formula is C27H41N5O3. The summed E-state index contributed by atoms with van der Waals surface area (Å²) in [4.78, 5) is 47.5.